The van der Waals surface area contributed by atoms with Crippen LogP contribution in [0.1, 0.15) is 16.1 Å². The number of hydrazone groups is 1. The number of ether oxygens (including phenoxy) is 2. The number of aromatic nitrogens is 2. The summed E-state index contributed by atoms with van der Waals surface area (Å²) < 4.78 is 11.9. The van der Waals surface area contributed by atoms with Crippen molar-refractivity contribution >= 4 is 23.7 Å². The van der Waals surface area contributed by atoms with Crippen LogP contribution in [-0.2, 0) is 0 Å². The predicted molar refractivity (Wildman–Crippen MR) is 97.9 cm³/mol. The summed E-state index contributed by atoms with van der Waals surface area (Å²) in [6, 6.07) is 12.4. The lowest BCUT2D eigenvalue weighted by Gasteiger charge is -2.01. The lowest BCUT2D eigenvalue weighted by Crippen LogP contribution is -2.18. The Morgan fingerprint density at radius 1 is 1.30 bits per heavy atom. The fraction of sp³-hybridized carbons (Fsp3) is 0.0556. The van der Waals surface area contributed by atoms with E-state index < -0.39 is 5.91 Å². The molecule has 0 spiro atoms. The first-order valence-electron chi connectivity index (χ1n) is 7.88. The third-order valence-corrected chi connectivity index (χ3v) is 4.04. The Labute approximate surface area is 158 Å². The highest BCUT2D eigenvalue weighted by Crippen LogP contribution is 2.39. The molecule has 136 valence electrons. The molecule has 3 aromatic rings. The number of hydrogen-bond acceptors (Lipinski definition) is 6. The number of hydrogen-bond donors (Lipinski definition) is 2. The Balaban J connectivity index is 1.48. The number of nitrogens with one attached hydrogen (secondary N) is 1. The van der Waals surface area contributed by atoms with Crippen LogP contribution in [0.25, 0.3) is 5.69 Å². The van der Waals surface area contributed by atoms with Crippen LogP contribution in [0, 0.1) is 0 Å². The summed E-state index contributed by atoms with van der Waals surface area (Å²) in [7, 11) is 0. The molecule has 27 heavy (non-hydrogen) atoms. The number of rotatable bonds is 4. The van der Waals surface area contributed by atoms with E-state index in [0.29, 0.717) is 27.8 Å². The van der Waals surface area contributed by atoms with Gasteiger partial charge < -0.3 is 14.6 Å². The average Bonchev–Trinajstić information content (AvgIpc) is 3.29. The third kappa shape index (κ3) is 3.42. The van der Waals surface area contributed by atoms with Crippen LogP contribution in [0.4, 0.5) is 0 Å². The molecule has 9 heteroatoms. The normalized spacial score (nSPS) is 12.5. The average molecular weight is 385 g/mol. The fourth-order valence-electron chi connectivity index (χ4n) is 2.52. The number of amides is 1. The van der Waals surface area contributed by atoms with E-state index in [-0.39, 0.29) is 18.2 Å². The summed E-state index contributed by atoms with van der Waals surface area (Å²) in [5, 5.41) is 18.3. The van der Waals surface area contributed by atoms with Gasteiger partial charge in [-0.3, -0.25) is 4.79 Å². The van der Waals surface area contributed by atoms with E-state index in [0.717, 1.165) is 0 Å². The van der Waals surface area contributed by atoms with Crippen molar-refractivity contribution in [3.8, 4) is 22.9 Å². The molecule has 1 amide bonds. The summed E-state index contributed by atoms with van der Waals surface area (Å²) in [4.78, 5) is 12.2. The van der Waals surface area contributed by atoms with Crippen molar-refractivity contribution in [1.29, 1.82) is 0 Å². The molecular formula is C18H13ClN4O4. The second kappa shape index (κ2) is 7.00. The smallest absolute Gasteiger partial charge is 0.295 e. The van der Waals surface area contributed by atoms with Gasteiger partial charge >= 0.3 is 0 Å². The van der Waals surface area contributed by atoms with Gasteiger partial charge in [0.2, 0.25) is 6.79 Å². The second-order valence-electron chi connectivity index (χ2n) is 5.58. The molecule has 0 unspecified atom stereocenters. The van der Waals surface area contributed by atoms with Crippen LogP contribution in [0.15, 0.2) is 53.8 Å². The largest absolute Gasteiger partial charge is 0.504 e. The maximum atomic E-state index is 12.2. The Morgan fingerprint density at radius 2 is 2.11 bits per heavy atom. The molecule has 0 fully saturated rings. The molecule has 0 bridgehead atoms. The zero-order chi connectivity index (χ0) is 18.8. The van der Waals surface area contributed by atoms with Gasteiger partial charge in [-0.05, 0) is 29.8 Å². The number of para-hydroxylation sites is 1. The molecule has 2 aromatic carbocycles. The standard InChI is InChI=1S/C18H13ClN4O4/c19-13-6-11(7-15-17(13)27-10-26-15)8-20-21-18(25)16-14(24)9-23(22-16)12-4-2-1-3-5-12/h1-9,24H,10H2,(H,21,25)/b20-8-. The quantitative estimate of drug-likeness (QED) is 0.532. The Kier molecular flexibility index (Phi) is 4.39. The van der Waals surface area contributed by atoms with Crippen molar-refractivity contribution in [2.45, 2.75) is 0 Å². The molecule has 0 radical (unpaired) electrons. The van der Waals surface area contributed by atoms with Crippen molar-refractivity contribution in [1.82, 2.24) is 15.2 Å². The van der Waals surface area contributed by atoms with Gasteiger partial charge in [0.1, 0.15) is 0 Å². The Morgan fingerprint density at radius 3 is 2.93 bits per heavy atom. The lowest BCUT2D eigenvalue weighted by atomic mass is 10.2. The summed E-state index contributed by atoms with van der Waals surface area (Å²) in [6.45, 7) is 0.107. The maximum absolute atomic E-state index is 12.2. The molecule has 0 aliphatic carbocycles. The Hall–Kier alpha value is -3.52. The molecule has 1 aliphatic heterocycles. The summed E-state index contributed by atoms with van der Waals surface area (Å²) in [5.74, 6) is 0.0895. The van der Waals surface area contributed by atoms with Crippen molar-refractivity contribution in [3.05, 3.63) is 64.9 Å². The molecule has 0 saturated heterocycles. The van der Waals surface area contributed by atoms with Crippen molar-refractivity contribution < 1.29 is 19.4 Å². The first kappa shape index (κ1) is 16.9. The number of fused-ring (bicyclic) bond motifs is 1. The predicted octanol–water partition coefficient (Wildman–Crippen LogP) is 2.72. The number of aromatic hydroxyl groups is 1. The SMILES string of the molecule is O=C(N/N=C\c1cc(Cl)c2c(c1)OCO2)c1nn(-c2ccccc2)cc1O. The minimum Gasteiger partial charge on any atom is -0.504 e. The highest BCUT2D eigenvalue weighted by Gasteiger charge is 2.18. The van der Waals surface area contributed by atoms with Crippen LogP contribution in [-0.4, -0.2) is 33.8 Å². The highest BCUT2D eigenvalue weighted by molar-refractivity contribution is 6.32. The second-order valence-corrected chi connectivity index (χ2v) is 5.99. The van der Waals surface area contributed by atoms with Gasteiger partial charge in [0, 0.05) is 0 Å². The minimum atomic E-state index is -0.648. The first-order valence-corrected chi connectivity index (χ1v) is 8.26. The minimum absolute atomic E-state index is 0.107. The molecule has 2 N–H and O–H groups in total. The molecular weight excluding hydrogens is 372 g/mol. The fourth-order valence-corrected chi connectivity index (χ4v) is 2.79. The number of nitrogens with zero attached hydrogens (tertiary/aromatic N) is 3. The Bertz CT molecular complexity index is 1030. The van der Waals surface area contributed by atoms with E-state index in [1.54, 1.807) is 24.3 Å². The van der Waals surface area contributed by atoms with Crippen LogP contribution in [0.2, 0.25) is 5.02 Å². The van der Waals surface area contributed by atoms with E-state index in [2.05, 4.69) is 15.6 Å². The molecule has 1 aromatic heterocycles. The van der Waals surface area contributed by atoms with Crippen LogP contribution >= 0.6 is 11.6 Å². The molecule has 1 aliphatic rings. The topological polar surface area (TPSA) is 98.0 Å². The van der Waals surface area contributed by atoms with Gasteiger partial charge in [0.05, 0.1) is 23.1 Å². The number of halogens is 1. The van der Waals surface area contributed by atoms with Crippen molar-refractivity contribution in [2.24, 2.45) is 5.10 Å². The van der Waals surface area contributed by atoms with E-state index in [4.69, 9.17) is 21.1 Å². The van der Waals surface area contributed by atoms with Crippen LogP contribution in [0.3, 0.4) is 0 Å². The summed E-state index contributed by atoms with van der Waals surface area (Å²) >= 11 is 6.09. The monoisotopic (exact) mass is 384 g/mol. The molecule has 2 heterocycles. The van der Waals surface area contributed by atoms with Gasteiger partial charge in [0.15, 0.2) is 22.9 Å². The van der Waals surface area contributed by atoms with E-state index >= 15 is 0 Å². The first-order chi connectivity index (χ1) is 13.1. The zero-order valence-corrected chi connectivity index (χ0v) is 14.6. The summed E-state index contributed by atoms with van der Waals surface area (Å²) in [5.41, 5.74) is 3.51. The molecule has 4 rings (SSSR count). The van der Waals surface area contributed by atoms with Crippen molar-refractivity contribution in [3.63, 3.8) is 0 Å². The highest BCUT2D eigenvalue weighted by atomic mass is 35.5. The van der Waals surface area contributed by atoms with E-state index in [1.807, 2.05) is 18.2 Å². The van der Waals surface area contributed by atoms with Gasteiger partial charge in [0.25, 0.3) is 5.91 Å². The zero-order valence-electron chi connectivity index (χ0n) is 13.8. The van der Waals surface area contributed by atoms with Gasteiger partial charge in [-0.1, -0.05) is 29.8 Å². The number of carbonyl (C=O) groups is 1. The number of carbonyl (C=O) groups excluding carboxylic acids is 1. The van der Waals surface area contributed by atoms with Gasteiger partial charge in [-0.25, -0.2) is 10.1 Å². The van der Waals surface area contributed by atoms with E-state index in [1.165, 1.54) is 17.1 Å². The van der Waals surface area contributed by atoms with Gasteiger partial charge in [-0.15, -0.1) is 0 Å². The third-order valence-electron chi connectivity index (χ3n) is 3.76. The molecule has 0 atom stereocenters. The van der Waals surface area contributed by atoms with Crippen molar-refractivity contribution in [2.75, 3.05) is 6.79 Å². The van der Waals surface area contributed by atoms with Crippen LogP contribution in [0.5, 0.6) is 17.2 Å². The van der Waals surface area contributed by atoms with E-state index in [9.17, 15) is 9.90 Å². The van der Waals surface area contributed by atoms with Gasteiger partial charge in [-0.2, -0.15) is 10.2 Å². The van der Waals surface area contributed by atoms with Crippen LogP contribution < -0.4 is 14.9 Å². The number of benzene rings is 2. The molecule has 0 saturated carbocycles. The summed E-state index contributed by atoms with van der Waals surface area (Å²) in [6.07, 6.45) is 2.75. The lowest BCUT2D eigenvalue weighted by molar-refractivity contribution is 0.0947. The molecule has 8 nitrogen and oxygen atoms in total. The maximum Gasteiger partial charge on any atom is 0.295 e.